The molecule has 16 heteroatoms. The van der Waals surface area contributed by atoms with Gasteiger partial charge in [0.25, 0.3) is 0 Å². The van der Waals surface area contributed by atoms with Crippen molar-refractivity contribution in [2.75, 3.05) is 21.1 Å². The van der Waals surface area contributed by atoms with Gasteiger partial charge in [-0.1, -0.05) is 60.1 Å². The third-order valence-corrected chi connectivity index (χ3v) is 12.5. The van der Waals surface area contributed by atoms with E-state index in [0.29, 0.717) is 24.3 Å². The molecule has 1 heterocycles. The maximum atomic E-state index is 14.8. The van der Waals surface area contributed by atoms with Crippen LogP contribution in [0.3, 0.4) is 0 Å². The first-order valence-corrected chi connectivity index (χ1v) is 22.8. The van der Waals surface area contributed by atoms with Crippen molar-refractivity contribution < 1.29 is 43.4 Å². The molecule has 1 aromatic heterocycles. The molecule has 344 valence electrons. The number of carbonyl (C=O) groups is 7. The largest absolute Gasteiger partial charge is 0.479 e. The summed E-state index contributed by atoms with van der Waals surface area (Å²) in [6.45, 7) is 14.8. The Hall–Kier alpha value is -4.39. The third kappa shape index (κ3) is 15.4. The Balaban J connectivity index is 2.59. The number of rotatable bonds is 26. The fraction of sp³-hybridized carbons (Fsp3) is 0.652. The SMILES string of the molecule is CC[C@H](N)C(=O)N(C)[C@@H](CC(C)C)C(=O)C[C@@H](CC(C)C)C(=O)N(C)[C@@H](Cc1csc2ccc(Cl)cc12)C(=O)C[C@@H](CC(C)C)C(=O)N(C)[C@@H](C)C(=O)O[C@H](CCC#N)C(=O)O. The molecule has 0 aliphatic rings. The van der Waals surface area contributed by atoms with E-state index in [1.807, 2.05) is 59.1 Å². The number of nitrogens with two attached hydrogens (primary N) is 1. The average Bonchev–Trinajstić information content (AvgIpc) is 3.61. The number of halogens is 1. The highest BCUT2D eigenvalue weighted by molar-refractivity contribution is 7.17. The Bertz CT molecular complexity index is 1930. The van der Waals surface area contributed by atoms with Crippen LogP contribution in [-0.2, 0) is 44.7 Å². The van der Waals surface area contributed by atoms with Gasteiger partial charge >= 0.3 is 11.9 Å². The van der Waals surface area contributed by atoms with Crippen LogP contribution in [0.1, 0.15) is 112 Å². The summed E-state index contributed by atoms with van der Waals surface area (Å²) in [5, 5.41) is 21.7. The van der Waals surface area contributed by atoms with E-state index in [0.717, 1.165) is 20.5 Å². The van der Waals surface area contributed by atoms with Crippen molar-refractivity contribution in [2.24, 2.45) is 35.3 Å². The van der Waals surface area contributed by atoms with E-state index in [-0.39, 0.29) is 68.0 Å². The van der Waals surface area contributed by atoms with Gasteiger partial charge in [-0.3, -0.25) is 24.0 Å². The molecular weight excluding hydrogens is 834 g/mol. The fourth-order valence-corrected chi connectivity index (χ4v) is 8.74. The van der Waals surface area contributed by atoms with Gasteiger partial charge in [-0.2, -0.15) is 5.26 Å². The van der Waals surface area contributed by atoms with Gasteiger partial charge in [-0.25, -0.2) is 9.59 Å². The van der Waals surface area contributed by atoms with Gasteiger partial charge in [-0.15, -0.1) is 11.3 Å². The molecule has 0 radical (unpaired) electrons. The molecular formula is C46H68ClN5O9S. The number of fused-ring (bicyclic) bond motifs is 1. The summed E-state index contributed by atoms with van der Waals surface area (Å²) in [6, 6.07) is 3.41. The van der Waals surface area contributed by atoms with Gasteiger partial charge < -0.3 is 30.3 Å². The molecule has 2 rings (SSSR count). The van der Waals surface area contributed by atoms with Crippen LogP contribution in [-0.4, -0.2) is 112 Å². The molecule has 7 atom stereocenters. The topological polar surface area (TPSA) is 208 Å². The highest BCUT2D eigenvalue weighted by Crippen LogP contribution is 2.32. The zero-order chi connectivity index (χ0) is 47.2. The van der Waals surface area contributed by atoms with E-state index in [1.54, 1.807) is 33.2 Å². The normalized spacial score (nSPS) is 15.0. The molecule has 0 spiro atoms. The number of hydrogen-bond acceptors (Lipinski definition) is 11. The number of hydrogen-bond donors (Lipinski definition) is 2. The lowest BCUT2D eigenvalue weighted by Gasteiger charge is -2.34. The van der Waals surface area contributed by atoms with Crippen LogP contribution in [0.25, 0.3) is 10.1 Å². The van der Waals surface area contributed by atoms with E-state index in [2.05, 4.69) is 0 Å². The van der Waals surface area contributed by atoms with Gasteiger partial charge in [0.1, 0.15) is 6.04 Å². The second kappa shape index (κ2) is 25.0. The number of ether oxygens (including phenoxy) is 1. The number of carbonyl (C=O) groups excluding carboxylic acids is 6. The van der Waals surface area contributed by atoms with E-state index < -0.39 is 71.6 Å². The Morgan fingerprint density at radius 3 is 1.82 bits per heavy atom. The number of amides is 3. The lowest BCUT2D eigenvalue weighted by Crippen LogP contribution is -2.51. The molecule has 3 amide bonds. The number of nitriles is 1. The number of thiophene rings is 1. The van der Waals surface area contributed by atoms with Crippen LogP contribution >= 0.6 is 22.9 Å². The van der Waals surface area contributed by atoms with Gasteiger partial charge in [0, 0.05) is 74.8 Å². The Kier molecular flexibility index (Phi) is 21.7. The summed E-state index contributed by atoms with van der Waals surface area (Å²) in [5.74, 6) is -6.16. The third-order valence-electron chi connectivity index (χ3n) is 11.3. The number of likely N-dealkylation sites (N-methyl/N-ethyl adjacent to an activating group) is 3. The number of Topliss-reactive ketones (excluding diaryl/α,β-unsaturated/α-hetero) is 2. The number of nitrogens with zero attached hydrogens (tertiary/aromatic N) is 4. The van der Waals surface area contributed by atoms with E-state index in [9.17, 15) is 38.7 Å². The number of aliphatic carboxylic acids is 1. The Labute approximate surface area is 376 Å². The number of benzene rings is 1. The highest BCUT2D eigenvalue weighted by Gasteiger charge is 2.39. The molecule has 0 aliphatic carbocycles. The predicted octanol–water partition coefficient (Wildman–Crippen LogP) is 6.92. The number of carboxylic acid groups (broad SMARTS) is 1. The zero-order valence-corrected chi connectivity index (χ0v) is 39.9. The van der Waals surface area contributed by atoms with Gasteiger partial charge in [0.05, 0.1) is 24.2 Å². The second-order valence-corrected chi connectivity index (χ2v) is 19.1. The van der Waals surface area contributed by atoms with Crippen LogP contribution in [0.2, 0.25) is 5.02 Å². The van der Waals surface area contributed by atoms with Crippen molar-refractivity contribution in [2.45, 2.75) is 143 Å². The second-order valence-electron chi connectivity index (χ2n) is 17.8. The molecule has 3 N–H and O–H groups in total. The maximum Gasteiger partial charge on any atom is 0.345 e. The Morgan fingerprint density at radius 1 is 0.806 bits per heavy atom. The minimum atomic E-state index is -1.57. The van der Waals surface area contributed by atoms with Gasteiger partial charge in [-0.05, 0) is 84.9 Å². The first-order valence-electron chi connectivity index (χ1n) is 21.5. The zero-order valence-electron chi connectivity index (χ0n) is 38.3. The number of esters is 1. The van der Waals surface area contributed by atoms with Crippen molar-refractivity contribution in [3.8, 4) is 6.07 Å². The van der Waals surface area contributed by atoms with Gasteiger partial charge in [0.2, 0.25) is 17.7 Å². The summed E-state index contributed by atoms with van der Waals surface area (Å²) >= 11 is 7.88. The van der Waals surface area contributed by atoms with E-state index in [4.69, 9.17) is 27.3 Å². The molecule has 0 saturated heterocycles. The highest BCUT2D eigenvalue weighted by atomic mass is 35.5. The lowest BCUT2D eigenvalue weighted by atomic mass is 9.85. The molecule has 14 nitrogen and oxygen atoms in total. The molecule has 0 fully saturated rings. The molecule has 0 bridgehead atoms. The fourth-order valence-electron chi connectivity index (χ4n) is 7.61. The summed E-state index contributed by atoms with van der Waals surface area (Å²) in [4.78, 5) is 100.0. The molecule has 62 heavy (non-hydrogen) atoms. The summed E-state index contributed by atoms with van der Waals surface area (Å²) in [6.07, 6.45) is -0.947. The van der Waals surface area contributed by atoms with Crippen molar-refractivity contribution in [1.82, 2.24) is 14.7 Å². The monoisotopic (exact) mass is 901 g/mol. The maximum absolute atomic E-state index is 14.8. The van der Waals surface area contributed by atoms with Crippen LogP contribution in [0.15, 0.2) is 23.6 Å². The summed E-state index contributed by atoms with van der Waals surface area (Å²) in [7, 11) is 4.49. The standard InChI is InChI=1S/C46H68ClN5O9S/c1-12-35(49)44(57)52(11)36(20-28(6)7)38(53)23-31(19-27(4)5)43(56)51(10)37(21-32-25-62-41-16-15-33(47)24-34(32)41)39(54)22-30(18-26(2)3)42(55)50(9)29(8)46(60)61-40(45(58)59)14-13-17-48/h15-16,24-31,35-37,40H,12-14,18-23,49H2,1-11H3,(H,58,59)/t29-,30+,31+,35-,36-,37-,40+/m0/s1. The van der Waals surface area contributed by atoms with Crippen LogP contribution in [0.5, 0.6) is 0 Å². The van der Waals surface area contributed by atoms with Crippen LogP contribution in [0, 0.1) is 40.9 Å². The molecule has 2 aromatic rings. The van der Waals surface area contributed by atoms with Gasteiger partial charge in [0.15, 0.2) is 17.7 Å². The lowest BCUT2D eigenvalue weighted by molar-refractivity contribution is -0.169. The van der Waals surface area contributed by atoms with E-state index >= 15 is 0 Å². The van der Waals surface area contributed by atoms with E-state index in [1.165, 1.54) is 35.1 Å². The van der Waals surface area contributed by atoms with Crippen molar-refractivity contribution in [3.63, 3.8) is 0 Å². The Morgan fingerprint density at radius 2 is 1.32 bits per heavy atom. The molecule has 0 unspecified atom stereocenters. The first-order chi connectivity index (χ1) is 28.9. The quantitative estimate of drug-likeness (QED) is 0.0926. The summed E-state index contributed by atoms with van der Waals surface area (Å²) < 4.78 is 6.12. The van der Waals surface area contributed by atoms with Crippen molar-refractivity contribution in [3.05, 3.63) is 34.2 Å². The van der Waals surface area contributed by atoms with Crippen LogP contribution < -0.4 is 5.73 Å². The minimum absolute atomic E-state index is 0.00642. The molecule has 0 saturated carbocycles. The molecule has 0 aliphatic heterocycles. The summed E-state index contributed by atoms with van der Waals surface area (Å²) in [5.41, 5.74) is 6.87. The average molecular weight is 903 g/mol. The van der Waals surface area contributed by atoms with Crippen molar-refractivity contribution >= 4 is 74.3 Å². The first kappa shape index (κ1) is 53.7. The minimum Gasteiger partial charge on any atom is -0.479 e. The number of ketones is 2. The number of carboxylic acids is 1. The van der Waals surface area contributed by atoms with Crippen molar-refractivity contribution in [1.29, 1.82) is 5.26 Å². The molecule has 1 aromatic carbocycles. The predicted molar refractivity (Wildman–Crippen MR) is 241 cm³/mol. The van der Waals surface area contributed by atoms with Crippen LogP contribution in [0.4, 0.5) is 0 Å². The smallest absolute Gasteiger partial charge is 0.345 e.